The monoisotopic (exact) mass is 431 g/mol. The fourth-order valence-electron chi connectivity index (χ4n) is 3.40. The minimum atomic E-state index is -0.0993. The van der Waals surface area contributed by atoms with Gasteiger partial charge in [0.15, 0.2) is 0 Å². The Hall–Kier alpha value is -3.64. The van der Waals surface area contributed by atoms with E-state index in [9.17, 15) is 9.59 Å². The molecule has 0 aliphatic carbocycles. The largest absolute Gasteiger partial charge is 0.497 e. The number of hydrogen-bond donors (Lipinski definition) is 2. The number of likely N-dealkylation sites (N-methyl/N-ethyl adjacent to an activating group) is 1. The van der Waals surface area contributed by atoms with Gasteiger partial charge in [0.1, 0.15) is 5.75 Å². The number of nitrogens with one attached hydrogen (secondary N) is 1. The molecule has 0 bridgehead atoms. The summed E-state index contributed by atoms with van der Waals surface area (Å²) in [4.78, 5) is 25.8. The Bertz CT molecular complexity index is 1050. The molecule has 6 heteroatoms. The topological polar surface area (TPSA) is 84.7 Å². The Balaban J connectivity index is 1.57. The Morgan fingerprint density at radius 2 is 1.66 bits per heavy atom. The average molecular weight is 432 g/mol. The Morgan fingerprint density at radius 3 is 2.31 bits per heavy atom. The third-order valence-corrected chi connectivity index (χ3v) is 5.29. The molecule has 32 heavy (non-hydrogen) atoms. The zero-order valence-corrected chi connectivity index (χ0v) is 18.5. The van der Waals surface area contributed by atoms with Crippen LogP contribution in [0.25, 0.3) is 11.1 Å². The molecule has 3 rings (SSSR count). The SMILES string of the molecule is COc1ccc(CCNC(=O)c2ccc(-c3cccc(CN(C)C(=O)CN)c3)cc2)cc1. The fraction of sp³-hybridized carbons (Fsp3) is 0.231. The molecule has 0 aliphatic rings. The molecule has 3 aromatic carbocycles. The van der Waals surface area contributed by atoms with Gasteiger partial charge < -0.3 is 20.7 Å². The minimum absolute atomic E-state index is 0.000185. The number of benzene rings is 3. The standard InChI is InChI=1S/C26H29N3O3/c1-29(25(30)17-27)18-20-4-3-5-23(16-20)21-8-10-22(11-9-21)26(31)28-15-14-19-6-12-24(32-2)13-7-19/h3-13,16H,14-15,17-18,27H2,1-2H3,(H,28,31). The van der Waals surface area contributed by atoms with Gasteiger partial charge in [0, 0.05) is 25.7 Å². The first-order chi connectivity index (χ1) is 15.5. The number of carbonyl (C=O) groups is 2. The summed E-state index contributed by atoms with van der Waals surface area (Å²) in [6.07, 6.45) is 0.752. The van der Waals surface area contributed by atoms with Crippen LogP contribution >= 0.6 is 0 Å². The quantitative estimate of drug-likeness (QED) is 0.545. The highest BCUT2D eigenvalue weighted by molar-refractivity contribution is 5.94. The second-order valence-electron chi connectivity index (χ2n) is 7.59. The van der Waals surface area contributed by atoms with Gasteiger partial charge in [-0.15, -0.1) is 0 Å². The maximum absolute atomic E-state index is 12.5. The molecule has 3 aromatic rings. The molecule has 3 N–H and O–H groups in total. The number of rotatable bonds is 9. The molecule has 0 unspecified atom stereocenters. The summed E-state index contributed by atoms with van der Waals surface area (Å²) in [5.74, 6) is 0.623. The Kier molecular flexibility index (Phi) is 8.00. The summed E-state index contributed by atoms with van der Waals surface area (Å²) in [6.45, 7) is 1.06. The fourth-order valence-corrected chi connectivity index (χ4v) is 3.40. The molecule has 0 saturated heterocycles. The molecule has 0 aliphatic heterocycles. The van der Waals surface area contributed by atoms with E-state index in [0.29, 0.717) is 18.7 Å². The lowest BCUT2D eigenvalue weighted by Gasteiger charge is -2.16. The number of hydrogen-bond acceptors (Lipinski definition) is 4. The molecule has 166 valence electrons. The number of nitrogens with zero attached hydrogens (tertiary/aromatic N) is 1. The van der Waals surface area contributed by atoms with E-state index in [1.165, 1.54) is 0 Å². The Labute approximate surface area is 189 Å². The average Bonchev–Trinajstić information content (AvgIpc) is 2.84. The molecule has 0 radical (unpaired) electrons. The van der Waals surface area contributed by atoms with Gasteiger partial charge in [-0.25, -0.2) is 0 Å². The second kappa shape index (κ2) is 11.1. The van der Waals surface area contributed by atoms with Crippen LogP contribution in [-0.2, 0) is 17.8 Å². The minimum Gasteiger partial charge on any atom is -0.497 e. The van der Waals surface area contributed by atoms with E-state index in [4.69, 9.17) is 10.5 Å². The van der Waals surface area contributed by atoms with Crippen molar-refractivity contribution in [1.82, 2.24) is 10.2 Å². The van der Waals surface area contributed by atoms with E-state index in [2.05, 4.69) is 5.32 Å². The number of amides is 2. The van der Waals surface area contributed by atoms with Crippen molar-refractivity contribution in [2.45, 2.75) is 13.0 Å². The van der Waals surface area contributed by atoms with Gasteiger partial charge in [0.25, 0.3) is 5.91 Å². The van der Waals surface area contributed by atoms with Gasteiger partial charge in [0.2, 0.25) is 5.91 Å². The van der Waals surface area contributed by atoms with E-state index in [1.54, 1.807) is 19.1 Å². The zero-order chi connectivity index (χ0) is 22.9. The predicted octanol–water partition coefficient (Wildman–Crippen LogP) is 3.25. The van der Waals surface area contributed by atoms with Gasteiger partial charge in [-0.05, 0) is 59.0 Å². The smallest absolute Gasteiger partial charge is 0.251 e. The van der Waals surface area contributed by atoms with Crippen molar-refractivity contribution in [2.24, 2.45) is 5.73 Å². The molecule has 2 amide bonds. The van der Waals surface area contributed by atoms with Crippen LogP contribution in [0.15, 0.2) is 72.8 Å². The summed E-state index contributed by atoms with van der Waals surface area (Å²) in [5, 5.41) is 2.96. The summed E-state index contributed by atoms with van der Waals surface area (Å²) >= 11 is 0. The summed E-state index contributed by atoms with van der Waals surface area (Å²) in [6, 6.07) is 23.4. The van der Waals surface area contributed by atoms with Crippen LogP contribution in [-0.4, -0.2) is 44.0 Å². The van der Waals surface area contributed by atoms with Crippen LogP contribution in [0, 0.1) is 0 Å². The normalized spacial score (nSPS) is 10.5. The van der Waals surface area contributed by atoms with Gasteiger partial charge in [-0.3, -0.25) is 9.59 Å². The highest BCUT2D eigenvalue weighted by Crippen LogP contribution is 2.22. The lowest BCUT2D eigenvalue weighted by Crippen LogP contribution is -2.32. The number of carbonyl (C=O) groups excluding carboxylic acids is 2. The third-order valence-electron chi connectivity index (χ3n) is 5.29. The summed E-state index contributed by atoms with van der Waals surface area (Å²) in [7, 11) is 3.38. The van der Waals surface area contributed by atoms with Crippen LogP contribution in [0.1, 0.15) is 21.5 Å². The third kappa shape index (κ3) is 6.18. The van der Waals surface area contributed by atoms with Crippen molar-refractivity contribution in [2.75, 3.05) is 27.2 Å². The van der Waals surface area contributed by atoms with Gasteiger partial charge in [-0.1, -0.05) is 42.5 Å². The maximum atomic E-state index is 12.5. The lowest BCUT2D eigenvalue weighted by atomic mass is 10.0. The van der Waals surface area contributed by atoms with E-state index in [0.717, 1.165) is 34.4 Å². The first kappa shape index (κ1) is 23.0. The van der Waals surface area contributed by atoms with E-state index in [-0.39, 0.29) is 18.4 Å². The Morgan fingerprint density at radius 1 is 0.938 bits per heavy atom. The van der Waals surface area contributed by atoms with Crippen molar-refractivity contribution in [3.05, 3.63) is 89.5 Å². The van der Waals surface area contributed by atoms with Crippen molar-refractivity contribution in [3.8, 4) is 16.9 Å². The number of methoxy groups -OCH3 is 1. The van der Waals surface area contributed by atoms with E-state index < -0.39 is 0 Å². The maximum Gasteiger partial charge on any atom is 0.251 e. The molecular formula is C26H29N3O3. The molecule has 0 fully saturated rings. The van der Waals surface area contributed by atoms with E-state index >= 15 is 0 Å². The van der Waals surface area contributed by atoms with Crippen molar-refractivity contribution in [1.29, 1.82) is 0 Å². The summed E-state index contributed by atoms with van der Waals surface area (Å²) in [5.41, 5.74) is 10.2. The van der Waals surface area contributed by atoms with E-state index in [1.807, 2.05) is 72.8 Å². The van der Waals surface area contributed by atoms with Gasteiger partial charge in [0.05, 0.1) is 13.7 Å². The molecule has 0 aromatic heterocycles. The first-order valence-corrected chi connectivity index (χ1v) is 10.5. The molecular weight excluding hydrogens is 402 g/mol. The van der Waals surface area contributed by atoms with Crippen molar-refractivity contribution < 1.29 is 14.3 Å². The molecule has 0 saturated carbocycles. The van der Waals surface area contributed by atoms with Crippen LogP contribution in [0.4, 0.5) is 0 Å². The molecule has 0 spiro atoms. The van der Waals surface area contributed by atoms with Crippen LogP contribution in [0.5, 0.6) is 5.75 Å². The first-order valence-electron chi connectivity index (χ1n) is 10.5. The van der Waals surface area contributed by atoms with Crippen LogP contribution in [0.2, 0.25) is 0 Å². The van der Waals surface area contributed by atoms with Crippen molar-refractivity contribution in [3.63, 3.8) is 0 Å². The van der Waals surface area contributed by atoms with Crippen LogP contribution in [0.3, 0.4) is 0 Å². The van der Waals surface area contributed by atoms with Gasteiger partial charge in [-0.2, -0.15) is 0 Å². The number of nitrogens with two attached hydrogens (primary N) is 1. The number of ether oxygens (including phenoxy) is 1. The zero-order valence-electron chi connectivity index (χ0n) is 18.5. The van der Waals surface area contributed by atoms with Crippen LogP contribution < -0.4 is 15.8 Å². The highest BCUT2D eigenvalue weighted by Gasteiger charge is 2.09. The predicted molar refractivity (Wildman–Crippen MR) is 126 cm³/mol. The molecule has 6 nitrogen and oxygen atoms in total. The highest BCUT2D eigenvalue weighted by atomic mass is 16.5. The lowest BCUT2D eigenvalue weighted by molar-refractivity contribution is -0.128. The molecule has 0 atom stereocenters. The molecule has 0 heterocycles. The summed E-state index contributed by atoms with van der Waals surface area (Å²) < 4.78 is 5.16. The second-order valence-corrected chi connectivity index (χ2v) is 7.59. The van der Waals surface area contributed by atoms with Gasteiger partial charge >= 0.3 is 0 Å². The van der Waals surface area contributed by atoms with Crippen molar-refractivity contribution >= 4 is 11.8 Å².